The van der Waals surface area contributed by atoms with E-state index in [-0.39, 0.29) is 1.43 Å². The highest BCUT2D eigenvalue weighted by Crippen LogP contribution is 2.22. The van der Waals surface area contributed by atoms with Crippen LogP contribution in [0.1, 0.15) is 25.4 Å². The molecule has 0 radical (unpaired) electrons. The second-order valence-corrected chi connectivity index (χ2v) is 5.80. The summed E-state index contributed by atoms with van der Waals surface area (Å²) in [6.07, 6.45) is 6.16. The van der Waals surface area contributed by atoms with Crippen molar-refractivity contribution in [3.63, 3.8) is 0 Å². The Hall–Kier alpha value is -1.94. The van der Waals surface area contributed by atoms with Crippen LogP contribution in [-0.2, 0) is 0 Å². The number of piperidine rings is 1. The number of rotatable bonds is 3. The molecule has 2 aromatic rings. The number of nitrogens with zero attached hydrogens (tertiary/aromatic N) is 2. The van der Waals surface area contributed by atoms with Gasteiger partial charge < -0.3 is 10.6 Å². The molecule has 4 nitrogen and oxygen atoms in total. The first-order valence-electron chi connectivity index (χ1n) is 7.59. The third-order valence-corrected chi connectivity index (χ3v) is 3.91. The highest BCUT2D eigenvalue weighted by molar-refractivity contribution is 5.62. The molecule has 0 spiro atoms. The fraction of sp³-hybridized carbons (Fsp3) is 0.412. The van der Waals surface area contributed by atoms with Crippen LogP contribution in [0.3, 0.4) is 0 Å². The SMILES string of the molecule is Cc1cncc(-c2ccc(C)c(N[C@H]3CCCNC3)n2)c1.[HH]. The van der Waals surface area contributed by atoms with Crippen LogP contribution in [0.15, 0.2) is 30.6 Å². The summed E-state index contributed by atoms with van der Waals surface area (Å²) < 4.78 is 0. The first kappa shape index (κ1) is 14.0. The summed E-state index contributed by atoms with van der Waals surface area (Å²) in [6, 6.07) is 6.78. The maximum Gasteiger partial charge on any atom is 0.129 e. The highest BCUT2D eigenvalue weighted by Gasteiger charge is 2.14. The minimum absolute atomic E-state index is 0. The zero-order valence-corrected chi connectivity index (χ0v) is 12.7. The molecular formula is C17H24N4. The molecule has 1 saturated heterocycles. The third-order valence-electron chi connectivity index (χ3n) is 3.91. The summed E-state index contributed by atoms with van der Waals surface area (Å²) in [4.78, 5) is 9.06. The molecule has 0 bridgehead atoms. The quantitative estimate of drug-likeness (QED) is 0.909. The van der Waals surface area contributed by atoms with E-state index in [0.717, 1.165) is 35.7 Å². The van der Waals surface area contributed by atoms with Crippen molar-refractivity contribution in [1.82, 2.24) is 15.3 Å². The Labute approximate surface area is 127 Å². The van der Waals surface area contributed by atoms with Crippen molar-refractivity contribution in [2.75, 3.05) is 18.4 Å². The van der Waals surface area contributed by atoms with Crippen molar-refractivity contribution >= 4 is 5.82 Å². The Morgan fingerprint density at radius 3 is 2.95 bits per heavy atom. The second-order valence-electron chi connectivity index (χ2n) is 5.80. The minimum atomic E-state index is 0. The molecule has 1 atom stereocenters. The standard InChI is InChI=1S/C17H22N4.H2/c1-12-8-14(10-19-9-12)16-6-5-13(2)17(21-16)20-15-4-3-7-18-11-15;/h5-6,8-10,15,18H,3-4,7,11H2,1-2H3,(H,20,21);1H/t15-;/m0./s1. The maximum absolute atomic E-state index is 4.80. The van der Waals surface area contributed by atoms with Crippen LogP contribution in [0.4, 0.5) is 5.82 Å². The zero-order chi connectivity index (χ0) is 14.7. The topological polar surface area (TPSA) is 49.8 Å². The predicted octanol–water partition coefficient (Wildman–Crippen LogP) is 3.17. The van der Waals surface area contributed by atoms with Gasteiger partial charge in [0.2, 0.25) is 0 Å². The molecule has 1 aliphatic rings. The number of hydrogen-bond donors (Lipinski definition) is 2. The van der Waals surface area contributed by atoms with E-state index in [1.54, 1.807) is 0 Å². The molecule has 21 heavy (non-hydrogen) atoms. The van der Waals surface area contributed by atoms with E-state index in [2.05, 4.69) is 47.7 Å². The van der Waals surface area contributed by atoms with Gasteiger partial charge in [-0.2, -0.15) is 0 Å². The zero-order valence-electron chi connectivity index (χ0n) is 12.7. The van der Waals surface area contributed by atoms with Crippen molar-refractivity contribution in [3.8, 4) is 11.3 Å². The monoisotopic (exact) mass is 284 g/mol. The lowest BCUT2D eigenvalue weighted by atomic mass is 10.1. The molecule has 1 aliphatic heterocycles. The van der Waals surface area contributed by atoms with E-state index in [1.807, 2.05) is 12.4 Å². The maximum atomic E-state index is 4.80. The molecule has 0 saturated carbocycles. The normalized spacial score (nSPS) is 18.5. The van der Waals surface area contributed by atoms with Crippen molar-refractivity contribution in [3.05, 3.63) is 41.7 Å². The van der Waals surface area contributed by atoms with Crippen LogP contribution in [0, 0.1) is 13.8 Å². The van der Waals surface area contributed by atoms with Crippen LogP contribution in [-0.4, -0.2) is 29.1 Å². The Morgan fingerprint density at radius 2 is 2.19 bits per heavy atom. The lowest BCUT2D eigenvalue weighted by Crippen LogP contribution is -2.38. The minimum Gasteiger partial charge on any atom is -0.366 e. The van der Waals surface area contributed by atoms with Crippen LogP contribution in [0.5, 0.6) is 0 Å². The summed E-state index contributed by atoms with van der Waals surface area (Å²) in [6.45, 7) is 6.29. The second kappa shape index (κ2) is 6.22. The average Bonchev–Trinajstić information content (AvgIpc) is 2.50. The van der Waals surface area contributed by atoms with Gasteiger partial charge in [0, 0.05) is 32.0 Å². The van der Waals surface area contributed by atoms with Crippen LogP contribution in [0.2, 0.25) is 0 Å². The Morgan fingerprint density at radius 1 is 1.29 bits per heavy atom. The predicted molar refractivity (Wildman–Crippen MR) is 88.6 cm³/mol. The molecular weight excluding hydrogens is 260 g/mol. The van der Waals surface area contributed by atoms with Gasteiger partial charge >= 0.3 is 0 Å². The van der Waals surface area contributed by atoms with E-state index < -0.39 is 0 Å². The summed E-state index contributed by atoms with van der Waals surface area (Å²) in [5, 5.41) is 7.01. The van der Waals surface area contributed by atoms with Gasteiger partial charge in [-0.3, -0.25) is 4.98 Å². The Bertz CT molecular complexity index is 624. The summed E-state index contributed by atoms with van der Waals surface area (Å²) in [7, 11) is 0. The lowest BCUT2D eigenvalue weighted by molar-refractivity contribution is 0.479. The summed E-state index contributed by atoms with van der Waals surface area (Å²) >= 11 is 0. The van der Waals surface area contributed by atoms with Crippen molar-refractivity contribution < 1.29 is 1.43 Å². The number of pyridine rings is 2. The van der Waals surface area contributed by atoms with E-state index in [1.165, 1.54) is 18.4 Å². The number of aryl methyl sites for hydroxylation is 2. The molecule has 0 aliphatic carbocycles. The van der Waals surface area contributed by atoms with Gasteiger partial charge in [0.05, 0.1) is 5.69 Å². The first-order valence-corrected chi connectivity index (χ1v) is 7.59. The third kappa shape index (κ3) is 3.39. The molecule has 0 amide bonds. The molecule has 2 N–H and O–H groups in total. The fourth-order valence-corrected chi connectivity index (χ4v) is 2.70. The van der Waals surface area contributed by atoms with Gasteiger partial charge in [0.15, 0.2) is 0 Å². The largest absolute Gasteiger partial charge is 0.366 e. The average molecular weight is 284 g/mol. The van der Waals surface area contributed by atoms with E-state index >= 15 is 0 Å². The van der Waals surface area contributed by atoms with Gasteiger partial charge in [0.25, 0.3) is 0 Å². The molecule has 1 fully saturated rings. The van der Waals surface area contributed by atoms with Gasteiger partial charge in [-0.15, -0.1) is 0 Å². The van der Waals surface area contributed by atoms with Crippen LogP contribution in [0.25, 0.3) is 11.3 Å². The first-order chi connectivity index (χ1) is 10.2. The lowest BCUT2D eigenvalue weighted by Gasteiger charge is -2.25. The number of aromatic nitrogens is 2. The van der Waals surface area contributed by atoms with Crippen LogP contribution < -0.4 is 10.6 Å². The fourth-order valence-electron chi connectivity index (χ4n) is 2.70. The van der Waals surface area contributed by atoms with Gasteiger partial charge in [0.1, 0.15) is 5.82 Å². The molecule has 112 valence electrons. The van der Waals surface area contributed by atoms with Gasteiger partial charge in [-0.1, -0.05) is 6.07 Å². The summed E-state index contributed by atoms with van der Waals surface area (Å²) in [5.41, 5.74) is 4.38. The smallest absolute Gasteiger partial charge is 0.129 e. The van der Waals surface area contributed by atoms with E-state index in [0.29, 0.717) is 6.04 Å². The van der Waals surface area contributed by atoms with Crippen molar-refractivity contribution in [1.29, 1.82) is 0 Å². The van der Waals surface area contributed by atoms with Crippen LogP contribution >= 0.6 is 0 Å². The number of anilines is 1. The molecule has 2 aromatic heterocycles. The van der Waals surface area contributed by atoms with Gasteiger partial charge in [-0.05, 0) is 56.5 Å². The van der Waals surface area contributed by atoms with Crippen molar-refractivity contribution in [2.45, 2.75) is 32.7 Å². The van der Waals surface area contributed by atoms with E-state index in [4.69, 9.17) is 4.98 Å². The Kier molecular flexibility index (Phi) is 4.15. The summed E-state index contributed by atoms with van der Waals surface area (Å²) in [5.74, 6) is 0.989. The van der Waals surface area contributed by atoms with E-state index in [9.17, 15) is 0 Å². The number of hydrogen-bond acceptors (Lipinski definition) is 4. The Balaban J connectivity index is 0.00000176. The molecule has 4 heteroatoms. The molecule has 0 aromatic carbocycles. The molecule has 3 rings (SSSR count). The molecule has 0 unspecified atom stereocenters. The highest BCUT2D eigenvalue weighted by atomic mass is 15.1. The number of nitrogens with one attached hydrogen (secondary N) is 2. The molecule has 3 heterocycles. The van der Waals surface area contributed by atoms with Gasteiger partial charge in [-0.25, -0.2) is 4.98 Å². The van der Waals surface area contributed by atoms with Crippen molar-refractivity contribution in [2.24, 2.45) is 0 Å².